The number of anilines is 1. The molecule has 1 atom stereocenters. The maximum Gasteiger partial charge on any atom is 0.419 e. The molecule has 1 aromatic heterocycles. The summed E-state index contributed by atoms with van der Waals surface area (Å²) in [6.07, 6.45) is -4.69. The molecule has 1 heterocycles. The van der Waals surface area contributed by atoms with E-state index >= 15 is 0 Å². The molecule has 1 nitrogen and oxygen atoms in total. The summed E-state index contributed by atoms with van der Waals surface area (Å²) in [5, 5.41) is 6.72. The molecule has 0 amide bonds. The second-order valence-electron chi connectivity index (χ2n) is 4.12. The monoisotopic (exact) mass is 289 g/mol. The Labute approximate surface area is 111 Å². The molecular weight excluding hydrogens is 278 g/mol. The fourth-order valence-corrected chi connectivity index (χ4v) is 2.44. The standard InChI is InChI=1S/C13H11F4NS/c1-8(9-4-5-19-7-9)18-10-2-3-12(14)11(6-10)13(15,16)17/h2-8,18H,1H3. The minimum absolute atomic E-state index is 0.141. The average Bonchev–Trinajstić information content (AvgIpc) is 2.83. The molecule has 1 aromatic carbocycles. The van der Waals surface area contributed by atoms with Crippen molar-refractivity contribution in [1.29, 1.82) is 0 Å². The Morgan fingerprint density at radius 2 is 1.95 bits per heavy atom. The van der Waals surface area contributed by atoms with E-state index in [0.717, 1.165) is 17.7 Å². The highest BCUT2D eigenvalue weighted by Gasteiger charge is 2.34. The SMILES string of the molecule is CC(Nc1ccc(F)c(C(F)(F)F)c1)c1ccsc1. The zero-order valence-electron chi connectivity index (χ0n) is 9.96. The number of hydrogen-bond donors (Lipinski definition) is 1. The molecule has 0 aliphatic heterocycles. The number of thiophene rings is 1. The van der Waals surface area contributed by atoms with Gasteiger partial charge in [-0.2, -0.15) is 24.5 Å². The molecular formula is C13H11F4NS. The van der Waals surface area contributed by atoms with Crippen LogP contribution in [0.1, 0.15) is 24.1 Å². The predicted molar refractivity (Wildman–Crippen MR) is 67.8 cm³/mol. The van der Waals surface area contributed by atoms with Gasteiger partial charge in [-0.25, -0.2) is 4.39 Å². The van der Waals surface area contributed by atoms with E-state index in [-0.39, 0.29) is 11.7 Å². The predicted octanol–water partition coefficient (Wildman–Crippen LogP) is 5.08. The zero-order valence-corrected chi connectivity index (χ0v) is 10.8. The summed E-state index contributed by atoms with van der Waals surface area (Å²) in [5.41, 5.74) is -0.0367. The van der Waals surface area contributed by atoms with E-state index in [1.54, 1.807) is 0 Å². The Morgan fingerprint density at radius 3 is 2.53 bits per heavy atom. The van der Waals surface area contributed by atoms with Gasteiger partial charge in [0.25, 0.3) is 0 Å². The van der Waals surface area contributed by atoms with Crippen molar-refractivity contribution in [1.82, 2.24) is 0 Å². The first-order valence-corrected chi connectivity index (χ1v) is 6.47. The van der Waals surface area contributed by atoms with E-state index < -0.39 is 17.6 Å². The lowest BCUT2D eigenvalue weighted by molar-refractivity contribution is -0.139. The Morgan fingerprint density at radius 1 is 1.21 bits per heavy atom. The van der Waals surface area contributed by atoms with Crippen molar-refractivity contribution < 1.29 is 17.6 Å². The van der Waals surface area contributed by atoms with Gasteiger partial charge in [0.15, 0.2) is 0 Å². The van der Waals surface area contributed by atoms with Gasteiger partial charge in [0, 0.05) is 11.7 Å². The molecule has 2 rings (SSSR count). The lowest BCUT2D eigenvalue weighted by Crippen LogP contribution is -2.11. The van der Waals surface area contributed by atoms with Crippen LogP contribution >= 0.6 is 11.3 Å². The summed E-state index contributed by atoms with van der Waals surface area (Å²) in [6, 6.07) is 4.66. The lowest BCUT2D eigenvalue weighted by atomic mass is 10.1. The minimum atomic E-state index is -4.69. The second kappa shape index (κ2) is 5.21. The Bertz CT molecular complexity index is 548. The van der Waals surface area contributed by atoms with Gasteiger partial charge in [-0.15, -0.1) is 0 Å². The number of hydrogen-bond acceptors (Lipinski definition) is 2. The smallest absolute Gasteiger partial charge is 0.378 e. The van der Waals surface area contributed by atoms with Crippen LogP contribution in [0, 0.1) is 5.82 Å². The fourth-order valence-electron chi connectivity index (χ4n) is 1.69. The molecule has 0 spiro atoms. The highest BCUT2D eigenvalue weighted by molar-refractivity contribution is 7.07. The van der Waals surface area contributed by atoms with E-state index in [1.807, 2.05) is 23.8 Å². The van der Waals surface area contributed by atoms with Gasteiger partial charge in [-0.3, -0.25) is 0 Å². The van der Waals surface area contributed by atoms with Gasteiger partial charge in [0.05, 0.1) is 5.56 Å². The van der Waals surface area contributed by atoms with E-state index in [9.17, 15) is 17.6 Å². The number of benzene rings is 1. The van der Waals surface area contributed by atoms with Gasteiger partial charge >= 0.3 is 6.18 Å². The first kappa shape index (κ1) is 13.9. The molecule has 0 radical (unpaired) electrons. The maximum atomic E-state index is 13.1. The molecule has 0 aliphatic rings. The van der Waals surface area contributed by atoms with Crippen molar-refractivity contribution in [2.75, 3.05) is 5.32 Å². The highest BCUT2D eigenvalue weighted by Crippen LogP contribution is 2.33. The van der Waals surface area contributed by atoms with Crippen LogP contribution in [0.2, 0.25) is 0 Å². The van der Waals surface area contributed by atoms with E-state index in [0.29, 0.717) is 0 Å². The Balaban J connectivity index is 2.22. The summed E-state index contributed by atoms with van der Waals surface area (Å²) in [7, 11) is 0. The van der Waals surface area contributed by atoms with Crippen LogP contribution in [-0.4, -0.2) is 0 Å². The number of rotatable bonds is 3. The van der Waals surface area contributed by atoms with Crippen LogP contribution in [0.3, 0.4) is 0 Å². The molecule has 102 valence electrons. The first-order valence-electron chi connectivity index (χ1n) is 5.53. The molecule has 1 N–H and O–H groups in total. The number of nitrogens with one attached hydrogen (secondary N) is 1. The fraction of sp³-hybridized carbons (Fsp3) is 0.231. The van der Waals surface area contributed by atoms with E-state index in [1.165, 1.54) is 17.4 Å². The summed E-state index contributed by atoms with van der Waals surface area (Å²) in [5.74, 6) is -1.26. The van der Waals surface area contributed by atoms with E-state index in [4.69, 9.17) is 0 Å². The van der Waals surface area contributed by atoms with Gasteiger partial charge < -0.3 is 5.32 Å². The molecule has 1 unspecified atom stereocenters. The van der Waals surface area contributed by atoms with Crippen molar-refractivity contribution >= 4 is 17.0 Å². The molecule has 0 bridgehead atoms. The van der Waals surface area contributed by atoms with Crippen LogP contribution in [0.15, 0.2) is 35.0 Å². The third-order valence-corrected chi connectivity index (χ3v) is 3.40. The van der Waals surface area contributed by atoms with Crippen LogP contribution in [0.5, 0.6) is 0 Å². The van der Waals surface area contributed by atoms with Crippen LogP contribution in [0.25, 0.3) is 0 Å². The molecule has 2 aromatic rings. The average molecular weight is 289 g/mol. The Hall–Kier alpha value is -1.56. The van der Waals surface area contributed by atoms with Crippen molar-refractivity contribution in [3.05, 3.63) is 52.0 Å². The topological polar surface area (TPSA) is 12.0 Å². The molecule has 0 aliphatic carbocycles. The van der Waals surface area contributed by atoms with Gasteiger partial charge in [0.1, 0.15) is 5.82 Å². The maximum absolute atomic E-state index is 13.1. The molecule has 0 fully saturated rings. The highest BCUT2D eigenvalue weighted by atomic mass is 32.1. The van der Waals surface area contributed by atoms with E-state index in [2.05, 4.69) is 5.32 Å². The van der Waals surface area contributed by atoms with Gasteiger partial charge in [0.2, 0.25) is 0 Å². The third-order valence-electron chi connectivity index (χ3n) is 2.70. The van der Waals surface area contributed by atoms with Crippen molar-refractivity contribution in [2.45, 2.75) is 19.1 Å². The first-order chi connectivity index (χ1) is 8.88. The van der Waals surface area contributed by atoms with Crippen LogP contribution in [0.4, 0.5) is 23.2 Å². The van der Waals surface area contributed by atoms with Crippen LogP contribution < -0.4 is 5.32 Å². The van der Waals surface area contributed by atoms with Crippen molar-refractivity contribution in [2.24, 2.45) is 0 Å². The molecule has 0 saturated carbocycles. The number of alkyl halides is 3. The largest absolute Gasteiger partial charge is 0.419 e. The summed E-state index contributed by atoms with van der Waals surface area (Å²) in [4.78, 5) is 0. The Kier molecular flexibility index (Phi) is 3.80. The third kappa shape index (κ3) is 3.26. The van der Waals surface area contributed by atoms with Crippen LogP contribution in [-0.2, 0) is 6.18 Å². The normalized spacial score (nSPS) is 13.3. The molecule has 0 saturated heterocycles. The molecule has 6 heteroatoms. The van der Waals surface area contributed by atoms with Gasteiger partial charge in [-0.05, 0) is 47.5 Å². The summed E-state index contributed by atoms with van der Waals surface area (Å²) >= 11 is 1.51. The summed E-state index contributed by atoms with van der Waals surface area (Å²) < 4.78 is 50.9. The molecule has 19 heavy (non-hydrogen) atoms. The van der Waals surface area contributed by atoms with Gasteiger partial charge in [-0.1, -0.05) is 0 Å². The quantitative estimate of drug-likeness (QED) is 0.777. The van der Waals surface area contributed by atoms with Crippen molar-refractivity contribution in [3.63, 3.8) is 0 Å². The van der Waals surface area contributed by atoms with Crippen molar-refractivity contribution in [3.8, 4) is 0 Å². The minimum Gasteiger partial charge on any atom is -0.378 e. The lowest BCUT2D eigenvalue weighted by Gasteiger charge is -2.16. The summed E-state index contributed by atoms with van der Waals surface area (Å²) in [6.45, 7) is 1.83. The second-order valence-corrected chi connectivity index (χ2v) is 4.90. The number of halogens is 4. The zero-order chi connectivity index (χ0) is 14.0.